The Bertz CT molecular complexity index is 544. The zero-order chi connectivity index (χ0) is 14.8. The molecule has 2 aromatic rings. The third kappa shape index (κ3) is 4.45. The number of fused-ring (bicyclic) bond motifs is 1. The summed E-state index contributed by atoms with van der Waals surface area (Å²) < 4.78 is 37.3. The lowest BCUT2D eigenvalue weighted by Gasteiger charge is -2.22. The van der Waals surface area contributed by atoms with Crippen molar-refractivity contribution in [2.75, 3.05) is 0 Å². The molecule has 0 aliphatic carbocycles. The Morgan fingerprint density at radius 2 is 1.90 bits per heavy atom. The summed E-state index contributed by atoms with van der Waals surface area (Å²) in [7, 11) is 0. The van der Waals surface area contributed by atoms with Crippen molar-refractivity contribution in [3.05, 3.63) is 29.3 Å². The first-order valence-corrected chi connectivity index (χ1v) is 7.20. The van der Waals surface area contributed by atoms with E-state index in [0.29, 0.717) is 0 Å². The molecule has 6 heteroatoms. The summed E-state index contributed by atoms with van der Waals surface area (Å²) in [5.41, 5.74) is -0.294. The number of hydrogen-bond donors (Lipinski definition) is 1. The first kappa shape index (κ1) is 15.3. The number of hydrogen-bond acceptors (Lipinski definition) is 3. The van der Waals surface area contributed by atoms with E-state index < -0.39 is 18.2 Å². The monoisotopic (exact) mass is 303 g/mol. The van der Waals surface area contributed by atoms with Crippen molar-refractivity contribution in [3.8, 4) is 0 Å². The molecule has 1 atom stereocenters. The van der Waals surface area contributed by atoms with Crippen LogP contribution in [0, 0.1) is 0 Å². The predicted octanol–water partition coefficient (Wildman–Crippen LogP) is 4.32. The fraction of sp³-hybridized carbons (Fsp3) is 0.500. The van der Waals surface area contributed by atoms with Crippen LogP contribution in [-0.2, 0) is 6.42 Å². The molecular formula is C14H16F3NOS. The SMILES string of the molecule is CC(O)(CCCC(F)(F)F)Cc1nc2ccccc2s1. The van der Waals surface area contributed by atoms with Gasteiger partial charge in [-0.3, -0.25) is 0 Å². The van der Waals surface area contributed by atoms with Crippen LogP contribution in [0.25, 0.3) is 10.2 Å². The van der Waals surface area contributed by atoms with E-state index in [1.807, 2.05) is 24.3 Å². The number of alkyl halides is 3. The number of rotatable bonds is 5. The van der Waals surface area contributed by atoms with Gasteiger partial charge in [-0.15, -0.1) is 11.3 Å². The number of aromatic nitrogens is 1. The molecule has 1 aromatic carbocycles. The molecule has 20 heavy (non-hydrogen) atoms. The molecule has 2 nitrogen and oxygen atoms in total. The molecule has 0 aliphatic heterocycles. The normalized spacial score (nSPS) is 15.4. The van der Waals surface area contributed by atoms with E-state index in [1.165, 1.54) is 11.3 Å². The summed E-state index contributed by atoms with van der Waals surface area (Å²) >= 11 is 1.47. The Hall–Kier alpha value is -1.14. The van der Waals surface area contributed by atoms with Gasteiger partial charge >= 0.3 is 6.18 Å². The number of nitrogens with zero attached hydrogens (tertiary/aromatic N) is 1. The van der Waals surface area contributed by atoms with Crippen LogP contribution in [0.1, 0.15) is 31.2 Å². The van der Waals surface area contributed by atoms with Gasteiger partial charge in [-0.05, 0) is 31.9 Å². The summed E-state index contributed by atoms with van der Waals surface area (Å²) in [4.78, 5) is 4.39. The topological polar surface area (TPSA) is 33.1 Å². The smallest absolute Gasteiger partial charge is 0.389 e. The minimum absolute atomic E-state index is 0.0681. The summed E-state index contributed by atoms with van der Waals surface area (Å²) in [6.07, 6.45) is -4.69. The van der Waals surface area contributed by atoms with Gasteiger partial charge in [-0.2, -0.15) is 13.2 Å². The van der Waals surface area contributed by atoms with Crippen LogP contribution in [0.5, 0.6) is 0 Å². The van der Waals surface area contributed by atoms with Gasteiger partial charge in [0.2, 0.25) is 0 Å². The van der Waals surface area contributed by atoms with Gasteiger partial charge in [0.25, 0.3) is 0 Å². The molecule has 0 saturated carbocycles. The largest absolute Gasteiger partial charge is 0.390 e. The van der Waals surface area contributed by atoms with Crippen LogP contribution in [0.3, 0.4) is 0 Å². The van der Waals surface area contributed by atoms with Gasteiger partial charge in [0.15, 0.2) is 0 Å². The minimum Gasteiger partial charge on any atom is -0.390 e. The molecule has 0 fully saturated rings. The molecular weight excluding hydrogens is 287 g/mol. The first-order chi connectivity index (χ1) is 9.25. The average molecular weight is 303 g/mol. The molecule has 1 aromatic heterocycles. The minimum atomic E-state index is -4.16. The zero-order valence-electron chi connectivity index (χ0n) is 11.1. The number of thiazole rings is 1. The summed E-state index contributed by atoms with van der Waals surface area (Å²) in [6, 6.07) is 7.61. The predicted molar refractivity (Wildman–Crippen MR) is 73.9 cm³/mol. The van der Waals surface area contributed by atoms with E-state index in [1.54, 1.807) is 6.92 Å². The Kier molecular flexibility index (Phi) is 4.34. The lowest BCUT2D eigenvalue weighted by molar-refractivity contribution is -0.137. The molecule has 110 valence electrons. The van der Waals surface area contributed by atoms with Crippen molar-refractivity contribution in [1.29, 1.82) is 0 Å². The third-order valence-electron chi connectivity index (χ3n) is 3.05. The van der Waals surface area contributed by atoms with E-state index in [4.69, 9.17) is 0 Å². The standard InChI is InChI=1S/C14H16F3NOS/c1-13(19,7-4-8-14(15,16)17)9-12-18-10-5-2-3-6-11(10)20-12/h2-3,5-6,19H,4,7-9H2,1H3. The van der Waals surface area contributed by atoms with E-state index in [0.717, 1.165) is 15.2 Å². The van der Waals surface area contributed by atoms with Gasteiger partial charge in [0.1, 0.15) is 0 Å². The second kappa shape index (κ2) is 5.69. The van der Waals surface area contributed by atoms with Gasteiger partial charge in [-0.1, -0.05) is 12.1 Å². The van der Waals surface area contributed by atoms with E-state index in [9.17, 15) is 18.3 Å². The van der Waals surface area contributed by atoms with Crippen molar-refractivity contribution in [2.45, 2.75) is 44.4 Å². The second-order valence-corrected chi connectivity index (χ2v) is 6.33. The van der Waals surface area contributed by atoms with Crippen LogP contribution < -0.4 is 0 Å². The maximum Gasteiger partial charge on any atom is 0.389 e. The summed E-state index contributed by atoms with van der Waals surface area (Å²) in [5, 5.41) is 10.9. The van der Waals surface area contributed by atoms with Crippen molar-refractivity contribution in [3.63, 3.8) is 0 Å². The van der Waals surface area contributed by atoms with Crippen molar-refractivity contribution in [1.82, 2.24) is 4.98 Å². The van der Waals surface area contributed by atoms with E-state index in [-0.39, 0.29) is 19.3 Å². The van der Waals surface area contributed by atoms with Crippen molar-refractivity contribution >= 4 is 21.6 Å². The molecule has 0 radical (unpaired) electrons. The van der Waals surface area contributed by atoms with Crippen LogP contribution in [0.2, 0.25) is 0 Å². The third-order valence-corrected chi connectivity index (χ3v) is 4.08. The Morgan fingerprint density at radius 1 is 1.20 bits per heavy atom. The van der Waals surface area contributed by atoms with Crippen LogP contribution in [0.4, 0.5) is 13.2 Å². The average Bonchev–Trinajstić information content (AvgIpc) is 2.67. The molecule has 1 heterocycles. The quantitative estimate of drug-likeness (QED) is 0.892. The first-order valence-electron chi connectivity index (χ1n) is 6.39. The number of aliphatic hydroxyl groups is 1. The molecule has 0 saturated heterocycles. The Labute approximate surface area is 119 Å². The fourth-order valence-electron chi connectivity index (χ4n) is 2.08. The lowest BCUT2D eigenvalue weighted by atomic mass is 9.95. The summed E-state index contributed by atoms with van der Waals surface area (Å²) in [5.74, 6) is 0. The molecule has 0 spiro atoms. The fourth-order valence-corrected chi connectivity index (χ4v) is 3.23. The van der Waals surface area contributed by atoms with Gasteiger partial charge in [0, 0.05) is 12.8 Å². The molecule has 0 aliphatic rings. The Balaban J connectivity index is 1.96. The number of benzene rings is 1. The van der Waals surface area contributed by atoms with Crippen LogP contribution >= 0.6 is 11.3 Å². The van der Waals surface area contributed by atoms with Gasteiger partial charge in [0.05, 0.1) is 20.8 Å². The lowest BCUT2D eigenvalue weighted by Crippen LogP contribution is -2.27. The van der Waals surface area contributed by atoms with E-state index in [2.05, 4.69) is 4.98 Å². The number of halogens is 3. The van der Waals surface area contributed by atoms with Crippen LogP contribution in [0.15, 0.2) is 24.3 Å². The molecule has 0 amide bonds. The van der Waals surface area contributed by atoms with Gasteiger partial charge in [-0.25, -0.2) is 4.98 Å². The molecule has 1 unspecified atom stereocenters. The zero-order valence-corrected chi connectivity index (χ0v) is 11.9. The maximum atomic E-state index is 12.1. The highest BCUT2D eigenvalue weighted by molar-refractivity contribution is 7.18. The van der Waals surface area contributed by atoms with Crippen LogP contribution in [-0.4, -0.2) is 21.9 Å². The van der Waals surface area contributed by atoms with Crippen molar-refractivity contribution in [2.24, 2.45) is 0 Å². The van der Waals surface area contributed by atoms with Crippen molar-refractivity contribution < 1.29 is 18.3 Å². The highest BCUT2D eigenvalue weighted by Crippen LogP contribution is 2.29. The highest BCUT2D eigenvalue weighted by atomic mass is 32.1. The number of para-hydroxylation sites is 1. The molecule has 2 rings (SSSR count). The van der Waals surface area contributed by atoms with Gasteiger partial charge < -0.3 is 5.11 Å². The molecule has 1 N–H and O–H groups in total. The van der Waals surface area contributed by atoms with E-state index >= 15 is 0 Å². The second-order valence-electron chi connectivity index (χ2n) is 5.22. The Morgan fingerprint density at radius 3 is 2.55 bits per heavy atom. The highest BCUT2D eigenvalue weighted by Gasteiger charge is 2.29. The maximum absolute atomic E-state index is 12.1. The molecule has 0 bridgehead atoms. The summed E-state index contributed by atoms with van der Waals surface area (Å²) in [6.45, 7) is 1.56.